The summed E-state index contributed by atoms with van der Waals surface area (Å²) in [5.41, 5.74) is -1.13. The maximum Gasteiger partial charge on any atom is 0.408 e. The number of halogens is 1. The van der Waals surface area contributed by atoms with Crippen molar-refractivity contribution in [2.75, 3.05) is 39.0 Å². The maximum absolute atomic E-state index is 12.0. The fraction of sp³-hybridized carbons (Fsp3) is 0.889. The summed E-state index contributed by atoms with van der Waals surface area (Å²) in [5, 5.41) is 9.28. The molecule has 0 saturated carbocycles. The lowest BCUT2D eigenvalue weighted by atomic mass is 10.1. The second kappa shape index (κ2) is 11.5. The van der Waals surface area contributed by atoms with Gasteiger partial charge in [-0.1, -0.05) is 0 Å². The first-order valence-electron chi connectivity index (χ1n) is 9.70. The van der Waals surface area contributed by atoms with E-state index in [1.54, 1.807) is 0 Å². The number of aliphatic imine (C=N–C) groups is 1. The predicted molar refractivity (Wildman–Crippen MR) is 127 cm³/mol. The number of carbonyl (C=O) groups excluding carboxylic acids is 1. The third kappa shape index (κ3) is 11.8. The first kappa shape index (κ1) is 28.2. The van der Waals surface area contributed by atoms with Crippen LogP contribution in [-0.2, 0) is 14.8 Å². The van der Waals surface area contributed by atoms with Crippen LogP contribution >= 0.6 is 24.0 Å². The highest BCUT2D eigenvalue weighted by Crippen LogP contribution is 2.17. The summed E-state index contributed by atoms with van der Waals surface area (Å²) in [6.07, 6.45) is 1.59. The Morgan fingerprint density at radius 2 is 1.83 bits per heavy atom. The molecule has 3 N–H and O–H groups in total. The van der Waals surface area contributed by atoms with Gasteiger partial charge in [-0.05, 0) is 53.9 Å². The molecule has 1 saturated heterocycles. The van der Waals surface area contributed by atoms with Gasteiger partial charge in [-0.3, -0.25) is 4.99 Å². The Morgan fingerprint density at radius 1 is 1.21 bits per heavy atom. The molecular formula is C18H38IN5O4S. The third-order valence-electron chi connectivity index (χ3n) is 4.09. The molecule has 0 spiro atoms. The molecule has 9 nitrogen and oxygen atoms in total. The van der Waals surface area contributed by atoms with Gasteiger partial charge in [0.15, 0.2) is 5.96 Å². The van der Waals surface area contributed by atoms with Crippen molar-refractivity contribution >= 4 is 46.1 Å². The normalized spacial score (nSPS) is 18.7. The lowest BCUT2D eigenvalue weighted by molar-refractivity contribution is 0.0476. The topological polar surface area (TPSA) is 112 Å². The highest BCUT2D eigenvalue weighted by Gasteiger charge is 2.28. The molecule has 1 aliphatic rings. The molecule has 1 amide bonds. The van der Waals surface area contributed by atoms with Gasteiger partial charge in [0.2, 0.25) is 10.0 Å². The number of sulfonamides is 1. The molecule has 172 valence electrons. The molecule has 0 radical (unpaired) electrons. The van der Waals surface area contributed by atoms with Gasteiger partial charge >= 0.3 is 6.09 Å². The molecule has 0 aromatic rings. The zero-order valence-corrected chi connectivity index (χ0v) is 21.8. The monoisotopic (exact) mass is 547 g/mol. The first-order valence-corrected chi connectivity index (χ1v) is 11.5. The molecule has 1 heterocycles. The standard InChI is InChI=1S/C18H37N5O4S.HI/c1-8-19-15(20-11-14-9-10-23(12-14)28(7,25)26)21-13-18(5,6)22-16(24)27-17(2,3)4;/h14H,8-13H2,1-7H3,(H,22,24)(H2,19,20,21);1H. The number of hydrogen-bond acceptors (Lipinski definition) is 5. The number of amides is 1. The van der Waals surface area contributed by atoms with Crippen molar-refractivity contribution in [1.82, 2.24) is 20.3 Å². The van der Waals surface area contributed by atoms with Crippen LogP contribution in [0.15, 0.2) is 4.99 Å². The van der Waals surface area contributed by atoms with Crippen molar-refractivity contribution in [2.24, 2.45) is 10.9 Å². The Kier molecular flexibility index (Phi) is 11.2. The molecule has 29 heavy (non-hydrogen) atoms. The Bertz CT molecular complexity index is 662. The summed E-state index contributed by atoms with van der Waals surface area (Å²) in [7, 11) is -3.13. The summed E-state index contributed by atoms with van der Waals surface area (Å²) in [6.45, 7) is 14.0. The average Bonchev–Trinajstić information content (AvgIpc) is 2.96. The van der Waals surface area contributed by atoms with E-state index in [-0.39, 0.29) is 29.9 Å². The van der Waals surface area contributed by atoms with Crippen molar-refractivity contribution < 1.29 is 17.9 Å². The summed E-state index contributed by atoms with van der Waals surface area (Å²) >= 11 is 0. The van der Waals surface area contributed by atoms with Crippen molar-refractivity contribution in [1.29, 1.82) is 0 Å². The smallest absolute Gasteiger partial charge is 0.408 e. The van der Waals surface area contributed by atoms with Gasteiger partial charge in [0.25, 0.3) is 0 Å². The summed E-state index contributed by atoms with van der Waals surface area (Å²) in [6, 6.07) is 0. The van der Waals surface area contributed by atoms with Crippen LogP contribution in [0.5, 0.6) is 0 Å². The second-order valence-corrected chi connectivity index (χ2v) is 10.8. The van der Waals surface area contributed by atoms with E-state index < -0.39 is 27.3 Å². The van der Waals surface area contributed by atoms with E-state index in [9.17, 15) is 13.2 Å². The number of nitrogens with zero attached hydrogens (tertiary/aromatic N) is 2. The molecule has 0 aliphatic carbocycles. The number of guanidine groups is 1. The van der Waals surface area contributed by atoms with E-state index in [4.69, 9.17) is 4.74 Å². The van der Waals surface area contributed by atoms with E-state index in [2.05, 4.69) is 20.9 Å². The third-order valence-corrected chi connectivity index (χ3v) is 5.36. The van der Waals surface area contributed by atoms with Crippen LogP contribution in [0.1, 0.15) is 48.0 Å². The molecule has 1 rings (SSSR count). The van der Waals surface area contributed by atoms with Crippen LogP contribution < -0.4 is 16.0 Å². The number of ether oxygens (including phenoxy) is 1. The fourth-order valence-corrected chi connectivity index (χ4v) is 3.66. The summed E-state index contributed by atoms with van der Waals surface area (Å²) in [5.74, 6) is 0.880. The van der Waals surface area contributed by atoms with Crippen LogP contribution in [0, 0.1) is 5.92 Å². The maximum atomic E-state index is 12.0. The van der Waals surface area contributed by atoms with Crippen LogP contribution in [0.2, 0.25) is 0 Å². The van der Waals surface area contributed by atoms with Crippen LogP contribution in [-0.4, -0.2) is 74.9 Å². The minimum Gasteiger partial charge on any atom is -0.444 e. The minimum atomic E-state index is -3.13. The molecule has 1 atom stereocenters. The Labute approximate surface area is 192 Å². The van der Waals surface area contributed by atoms with E-state index in [0.29, 0.717) is 38.7 Å². The number of carbonyl (C=O) groups is 1. The fourth-order valence-electron chi connectivity index (χ4n) is 2.74. The first-order chi connectivity index (χ1) is 12.7. The molecule has 1 aliphatic heterocycles. The second-order valence-electron chi connectivity index (χ2n) is 8.86. The van der Waals surface area contributed by atoms with Crippen LogP contribution in [0.4, 0.5) is 4.79 Å². The Morgan fingerprint density at radius 3 is 2.31 bits per heavy atom. The largest absolute Gasteiger partial charge is 0.444 e. The lowest BCUT2D eigenvalue weighted by Crippen LogP contribution is -2.49. The SMILES string of the molecule is CCNC(=NCC(C)(C)NC(=O)OC(C)(C)C)NCC1CCN(S(C)(=O)=O)C1.I. The van der Waals surface area contributed by atoms with Gasteiger partial charge in [-0.2, -0.15) is 0 Å². The number of hydrogen-bond donors (Lipinski definition) is 3. The van der Waals surface area contributed by atoms with E-state index in [1.807, 2.05) is 41.5 Å². The molecule has 1 unspecified atom stereocenters. The van der Waals surface area contributed by atoms with Gasteiger partial charge in [-0.15, -0.1) is 24.0 Å². The van der Waals surface area contributed by atoms with Crippen LogP contribution in [0.25, 0.3) is 0 Å². The zero-order valence-electron chi connectivity index (χ0n) is 18.7. The average molecular weight is 548 g/mol. The molecule has 11 heteroatoms. The van der Waals surface area contributed by atoms with Gasteiger partial charge in [0.1, 0.15) is 5.60 Å². The highest BCUT2D eigenvalue weighted by atomic mass is 127. The molecule has 1 fully saturated rings. The van der Waals surface area contributed by atoms with E-state index in [0.717, 1.165) is 6.42 Å². The number of rotatable bonds is 7. The highest BCUT2D eigenvalue weighted by molar-refractivity contribution is 14.0. The van der Waals surface area contributed by atoms with E-state index >= 15 is 0 Å². The van der Waals surface area contributed by atoms with Crippen molar-refractivity contribution in [2.45, 2.75) is 59.1 Å². The van der Waals surface area contributed by atoms with E-state index in [1.165, 1.54) is 10.6 Å². The Hall–Kier alpha value is -0.820. The van der Waals surface area contributed by atoms with Gasteiger partial charge in [-0.25, -0.2) is 17.5 Å². The van der Waals surface area contributed by atoms with Gasteiger partial charge in [0.05, 0.1) is 18.3 Å². The molecule has 0 bridgehead atoms. The van der Waals surface area contributed by atoms with Crippen molar-refractivity contribution in [3.8, 4) is 0 Å². The molecule has 0 aromatic heterocycles. The van der Waals surface area contributed by atoms with Crippen molar-refractivity contribution in [3.05, 3.63) is 0 Å². The lowest BCUT2D eigenvalue weighted by Gasteiger charge is -2.27. The van der Waals surface area contributed by atoms with Crippen molar-refractivity contribution in [3.63, 3.8) is 0 Å². The van der Waals surface area contributed by atoms with Gasteiger partial charge < -0.3 is 20.7 Å². The molecular weight excluding hydrogens is 509 g/mol. The summed E-state index contributed by atoms with van der Waals surface area (Å²) < 4.78 is 30.1. The van der Waals surface area contributed by atoms with Crippen LogP contribution in [0.3, 0.4) is 0 Å². The van der Waals surface area contributed by atoms with Gasteiger partial charge in [0, 0.05) is 26.2 Å². The predicted octanol–water partition coefficient (Wildman–Crippen LogP) is 1.74. The number of nitrogens with one attached hydrogen (secondary N) is 3. The quantitative estimate of drug-likeness (QED) is 0.255. The molecule has 0 aromatic carbocycles. The Balaban J connectivity index is 0.00000784. The minimum absolute atomic E-state index is 0. The summed E-state index contributed by atoms with van der Waals surface area (Å²) in [4.78, 5) is 16.5. The zero-order chi connectivity index (χ0) is 21.6. The number of alkyl carbamates (subject to hydrolysis) is 1.